The predicted octanol–water partition coefficient (Wildman–Crippen LogP) is 3.82. The van der Waals surface area contributed by atoms with Crippen molar-refractivity contribution in [3.8, 4) is 0 Å². The Bertz CT molecular complexity index is 702. The number of hydrogen-bond donors (Lipinski definition) is 2. The lowest BCUT2D eigenvalue weighted by Crippen LogP contribution is -2.13. The number of aromatic carboxylic acids is 1. The number of aryl methyl sites for hydroxylation is 1. The van der Waals surface area contributed by atoms with Crippen LogP contribution in [0.1, 0.15) is 26.4 Å². The summed E-state index contributed by atoms with van der Waals surface area (Å²) >= 11 is 10.1. The third kappa shape index (κ3) is 3.00. The number of carbonyl (C=O) groups is 2. The highest BCUT2D eigenvalue weighted by Crippen LogP contribution is 2.27. The molecule has 1 heterocycles. The van der Waals surface area contributed by atoms with E-state index < -0.39 is 11.9 Å². The number of rotatable bonds is 3. The zero-order valence-corrected chi connectivity index (χ0v) is 13.3. The molecule has 0 spiro atoms. The average Bonchev–Trinajstić information content (AvgIpc) is 2.73. The van der Waals surface area contributed by atoms with Crippen molar-refractivity contribution in [2.24, 2.45) is 0 Å². The first-order chi connectivity index (χ1) is 9.40. The maximum absolute atomic E-state index is 12.1. The summed E-state index contributed by atoms with van der Waals surface area (Å²) in [4.78, 5) is 23.2. The van der Waals surface area contributed by atoms with Crippen molar-refractivity contribution in [2.45, 2.75) is 6.92 Å². The molecule has 0 saturated carbocycles. The summed E-state index contributed by atoms with van der Waals surface area (Å²) in [5.41, 5.74) is 0.707. The van der Waals surface area contributed by atoms with E-state index in [0.29, 0.717) is 20.8 Å². The van der Waals surface area contributed by atoms with Gasteiger partial charge >= 0.3 is 5.97 Å². The molecule has 0 aliphatic carbocycles. The summed E-state index contributed by atoms with van der Waals surface area (Å²) in [6.45, 7) is 1.58. The Kier molecular flexibility index (Phi) is 4.42. The maximum atomic E-state index is 12.1. The molecule has 0 aliphatic heterocycles. The molecule has 2 rings (SSSR count). The average molecular weight is 376 g/mol. The van der Waals surface area contributed by atoms with Crippen molar-refractivity contribution in [2.75, 3.05) is 5.32 Å². The molecule has 8 heteroatoms. The molecule has 1 aromatic heterocycles. The van der Waals surface area contributed by atoms with Crippen LogP contribution >= 0.6 is 39.1 Å². The van der Waals surface area contributed by atoms with Crippen LogP contribution in [0.5, 0.6) is 0 Å². The minimum Gasteiger partial charge on any atom is -0.478 e. The monoisotopic (exact) mass is 374 g/mol. The van der Waals surface area contributed by atoms with Gasteiger partial charge in [-0.2, -0.15) is 4.37 Å². The highest BCUT2D eigenvalue weighted by molar-refractivity contribution is 9.10. The van der Waals surface area contributed by atoms with E-state index in [0.717, 1.165) is 11.5 Å². The minimum absolute atomic E-state index is 0.00607. The molecular formula is C12H8BrClN2O3S. The van der Waals surface area contributed by atoms with Crippen LogP contribution in [-0.4, -0.2) is 21.4 Å². The van der Waals surface area contributed by atoms with Crippen LogP contribution in [0.25, 0.3) is 0 Å². The van der Waals surface area contributed by atoms with Crippen LogP contribution in [-0.2, 0) is 0 Å². The molecule has 104 valence electrons. The highest BCUT2D eigenvalue weighted by Gasteiger charge is 2.20. The van der Waals surface area contributed by atoms with E-state index >= 15 is 0 Å². The van der Waals surface area contributed by atoms with Gasteiger partial charge in [0.1, 0.15) is 10.6 Å². The number of aromatic nitrogens is 1. The number of nitrogens with one attached hydrogen (secondary N) is 1. The molecule has 2 N–H and O–H groups in total. The van der Waals surface area contributed by atoms with E-state index in [9.17, 15) is 9.59 Å². The van der Waals surface area contributed by atoms with Gasteiger partial charge in [-0.25, -0.2) is 4.79 Å². The first-order valence-electron chi connectivity index (χ1n) is 5.36. The normalized spacial score (nSPS) is 10.3. The second-order valence-corrected chi connectivity index (χ2v) is 5.90. The van der Waals surface area contributed by atoms with Crippen LogP contribution in [0.15, 0.2) is 22.7 Å². The van der Waals surface area contributed by atoms with Crippen LogP contribution in [0, 0.1) is 6.92 Å². The van der Waals surface area contributed by atoms with Crippen LogP contribution in [0.3, 0.4) is 0 Å². The molecule has 1 amide bonds. The van der Waals surface area contributed by atoms with Gasteiger partial charge in [-0.1, -0.05) is 11.6 Å². The number of nitrogens with zero attached hydrogens (tertiary/aromatic N) is 1. The van der Waals surface area contributed by atoms with Gasteiger partial charge in [0.15, 0.2) is 0 Å². The van der Waals surface area contributed by atoms with E-state index in [1.54, 1.807) is 19.1 Å². The number of hydrogen-bond acceptors (Lipinski definition) is 4. The van der Waals surface area contributed by atoms with Crippen LogP contribution < -0.4 is 5.32 Å². The van der Waals surface area contributed by atoms with E-state index in [1.807, 2.05) is 0 Å². The predicted molar refractivity (Wildman–Crippen MR) is 80.9 cm³/mol. The number of carboxylic acids is 1. The van der Waals surface area contributed by atoms with E-state index in [1.165, 1.54) is 6.07 Å². The SMILES string of the molecule is Cc1nsc(NC(=O)c2ccc(Br)c(Cl)c2)c1C(=O)O. The second-order valence-electron chi connectivity index (χ2n) is 3.86. The largest absolute Gasteiger partial charge is 0.478 e. The Balaban J connectivity index is 2.28. The van der Waals surface area contributed by atoms with E-state index in [-0.39, 0.29) is 10.6 Å². The number of anilines is 1. The highest BCUT2D eigenvalue weighted by atomic mass is 79.9. The second kappa shape index (κ2) is 5.90. The smallest absolute Gasteiger partial charge is 0.340 e. The fraction of sp³-hybridized carbons (Fsp3) is 0.0833. The van der Waals surface area contributed by atoms with Crippen molar-refractivity contribution >= 4 is 55.9 Å². The van der Waals surface area contributed by atoms with Gasteiger partial charge in [0.05, 0.1) is 10.7 Å². The van der Waals surface area contributed by atoms with Gasteiger partial charge in [-0.3, -0.25) is 4.79 Å². The molecular weight excluding hydrogens is 368 g/mol. The molecule has 0 radical (unpaired) electrons. The summed E-state index contributed by atoms with van der Waals surface area (Å²) in [6.07, 6.45) is 0. The fourth-order valence-corrected chi connectivity index (χ4v) is 2.73. The Morgan fingerprint density at radius 2 is 2.15 bits per heavy atom. The number of carboxylic acid groups (broad SMARTS) is 1. The van der Waals surface area contributed by atoms with Crippen molar-refractivity contribution in [1.82, 2.24) is 4.37 Å². The van der Waals surface area contributed by atoms with Gasteiger partial charge in [0.2, 0.25) is 0 Å². The standard InChI is InChI=1S/C12H8BrClN2O3S/c1-5-9(12(18)19)11(20-16-5)15-10(17)6-2-3-7(13)8(14)4-6/h2-4H,1H3,(H,15,17)(H,18,19). The lowest BCUT2D eigenvalue weighted by molar-refractivity contribution is 0.0697. The fourth-order valence-electron chi connectivity index (χ4n) is 1.52. The molecule has 1 aromatic carbocycles. The summed E-state index contributed by atoms with van der Waals surface area (Å²) in [5.74, 6) is -1.56. The van der Waals surface area contributed by atoms with Crippen molar-refractivity contribution in [3.63, 3.8) is 0 Å². The third-order valence-electron chi connectivity index (χ3n) is 2.49. The van der Waals surface area contributed by atoms with E-state index in [4.69, 9.17) is 16.7 Å². The van der Waals surface area contributed by atoms with Gasteiger partial charge in [-0.15, -0.1) is 0 Å². The Labute approximate surface area is 131 Å². The Morgan fingerprint density at radius 1 is 1.45 bits per heavy atom. The van der Waals surface area contributed by atoms with Crippen LogP contribution in [0.4, 0.5) is 5.00 Å². The Morgan fingerprint density at radius 3 is 2.75 bits per heavy atom. The zero-order valence-electron chi connectivity index (χ0n) is 10.1. The summed E-state index contributed by atoms with van der Waals surface area (Å²) in [7, 11) is 0. The molecule has 0 saturated heterocycles. The van der Waals surface area contributed by atoms with Gasteiger partial charge in [0.25, 0.3) is 5.91 Å². The third-order valence-corrected chi connectivity index (χ3v) is 4.57. The molecule has 2 aromatic rings. The summed E-state index contributed by atoms with van der Waals surface area (Å²) in [6, 6.07) is 4.72. The van der Waals surface area contributed by atoms with E-state index in [2.05, 4.69) is 25.6 Å². The lowest BCUT2D eigenvalue weighted by atomic mass is 10.2. The molecule has 0 bridgehead atoms. The molecule has 0 aliphatic rings. The van der Waals surface area contributed by atoms with Crippen molar-refractivity contribution in [3.05, 3.63) is 44.5 Å². The number of carbonyl (C=O) groups excluding carboxylic acids is 1. The topological polar surface area (TPSA) is 79.3 Å². The maximum Gasteiger partial charge on any atom is 0.340 e. The van der Waals surface area contributed by atoms with Gasteiger partial charge in [-0.05, 0) is 52.6 Å². The lowest BCUT2D eigenvalue weighted by Gasteiger charge is -2.05. The zero-order chi connectivity index (χ0) is 14.9. The minimum atomic E-state index is -1.12. The van der Waals surface area contributed by atoms with Crippen LogP contribution in [0.2, 0.25) is 5.02 Å². The molecule has 0 atom stereocenters. The van der Waals surface area contributed by atoms with Gasteiger partial charge in [0, 0.05) is 10.0 Å². The number of benzene rings is 1. The van der Waals surface area contributed by atoms with Crippen molar-refractivity contribution in [1.29, 1.82) is 0 Å². The van der Waals surface area contributed by atoms with Crippen molar-refractivity contribution < 1.29 is 14.7 Å². The quantitative estimate of drug-likeness (QED) is 0.855. The Hall–Kier alpha value is -1.44. The first-order valence-corrected chi connectivity index (χ1v) is 7.30. The molecule has 0 fully saturated rings. The molecule has 5 nitrogen and oxygen atoms in total. The molecule has 0 unspecified atom stereocenters. The molecule has 20 heavy (non-hydrogen) atoms. The number of halogens is 2. The summed E-state index contributed by atoms with van der Waals surface area (Å²) < 4.78 is 4.61. The number of amides is 1. The first kappa shape index (κ1) is 15.0. The van der Waals surface area contributed by atoms with Gasteiger partial charge < -0.3 is 10.4 Å². The summed E-state index contributed by atoms with van der Waals surface area (Å²) in [5, 5.41) is 12.2.